The first-order chi connectivity index (χ1) is 12.9. The van der Waals surface area contributed by atoms with E-state index in [1.165, 1.54) is 23.8 Å². The second-order valence-corrected chi connectivity index (χ2v) is 8.54. The minimum absolute atomic E-state index is 0.0733. The van der Waals surface area contributed by atoms with E-state index in [4.69, 9.17) is 4.74 Å². The van der Waals surface area contributed by atoms with Crippen molar-refractivity contribution in [3.63, 3.8) is 0 Å². The zero-order valence-corrected chi connectivity index (χ0v) is 15.8. The Labute approximate surface area is 158 Å². The van der Waals surface area contributed by atoms with Gasteiger partial charge in [0.25, 0.3) is 5.91 Å². The Bertz CT molecular complexity index is 968. The normalized spacial score (nSPS) is 16.3. The van der Waals surface area contributed by atoms with E-state index >= 15 is 0 Å². The summed E-state index contributed by atoms with van der Waals surface area (Å²) in [6.45, 7) is -0.463. The predicted molar refractivity (Wildman–Crippen MR) is 100 cm³/mol. The molecule has 1 N–H and O–H groups in total. The summed E-state index contributed by atoms with van der Waals surface area (Å²) in [7, 11) is -3.57. The first-order valence-corrected chi connectivity index (χ1v) is 10.6. The Kier molecular flexibility index (Phi) is 5.60. The maximum atomic E-state index is 12.2. The Morgan fingerprint density at radius 3 is 2.59 bits per heavy atom. The number of carbonyl (C=O) groups is 2. The second-order valence-electron chi connectivity index (χ2n) is 6.56. The summed E-state index contributed by atoms with van der Waals surface area (Å²) in [6, 6.07) is 13.6. The molecule has 0 bridgehead atoms. The summed E-state index contributed by atoms with van der Waals surface area (Å²) >= 11 is 0. The predicted octanol–water partition coefficient (Wildman–Crippen LogP) is 2.44. The summed E-state index contributed by atoms with van der Waals surface area (Å²) in [4.78, 5) is 24.4. The highest BCUT2D eigenvalue weighted by molar-refractivity contribution is 7.90. The van der Waals surface area contributed by atoms with Crippen LogP contribution in [-0.2, 0) is 25.8 Å². The third-order valence-electron chi connectivity index (χ3n) is 4.55. The monoisotopic (exact) mass is 387 g/mol. The lowest BCUT2D eigenvalue weighted by atomic mass is 9.88. The van der Waals surface area contributed by atoms with Crippen molar-refractivity contribution in [2.24, 2.45) is 0 Å². The number of ether oxygens (including phenoxy) is 1. The number of aryl methyl sites for hydroxylation is 1. The van der Waals surface area contributed by atoms with Crippen molar-refractivity contribution in [3.8, 4) is 0 Å². The van der Waals surface area contributed by atoms with Gasteiger partial charge in [-0.25, -0.2) is 13.2 Å². The molecule has 0 heterocycles. The summed E-state index contributed by atoms with van der Waals surface area (Å²) in [5, 5.41) is 2.89. The Morgan fingerprint density at radius 2 is 1.81 bits per heavy atom. The molecule has 1 aliphatic rings. The van der Waals surface area contributed by atoms with Gasteiger partial charge in [-0.1, -0.05) is 36.4 Å². The van der Waals surface area contributed by atoms with Crippen LogP contribution in [0.25, 0.3) is 0 Å². The lowest BCUT2D eigenvalue weighted by Crippen LogP contribution is -2.34. The van der Waals surface area contributed by atoms with Gasteiger partial charge >= 0.3 is 5.97 Å². The highest BCUT2D eigenvalue weighted by Crippen LogP contribution is 2.29. The molecular weight excluding hydrogens is 366 g/mol. The van der Waals surface area contributed by atoms with E-state index in [2.05, 4.69) is 11.4 Å². The summed E-state index contributed by atoms with van der Waals surface area (Å²) in [5.41, 5.74) is 2.23. The maximum absolute atomic E-state index is 12.2. The molecule has 1 amide bonds. The number of hydrogen-bond donors (Lipinski definition) is 1. The number of benzene rings is 2. The van der Waals surface area contributed by atoms with Gasteiger partial charge in [0.05, 0.1) is 16.5 Å². The van der Waals surface area contributed by atoms with Crippen molar-refractivity contribution in [1.29, 1.82) is 0 Å². The first kappa shape index (κ1) is 19.1. The third-order valence-corrected chi connectivity index (χ3v) is 5.70. The number of rotatable bonds is 5. The first-order valence-electron chi connectivity index (χ1n) is 8.69. The summed E-state index contributed by atoms with van der Waals surface area (Å²) in [6.07, 6.45) is 3.81. The standard InChI is InChI=1S/C20H21NO5S/c1-27(24,25)18-12-5-4-10-16(18)20(23)26-13-19(22)21-17-11-6-8-14-7-2-3-9-15(14)17/h2-5,7,9-10,12,17H,6,8,11,13H2,1H3,(H,21,22)/t17-/m1/s1. The molecule has 142 valence electrons. The molecule has 0 aliphatic heterocycles. The molecule has 0 unspecified atom stereocenters. The number of fused-ring (bicyclic) bond motifs is 1. The van der Waals surface area contributed by atoms with Crippen molar-refractivity contribution in [2.75, 3.05) is 12.9 Å². The van der Waals surface area contributed by atoms with Crippen molar-refractivity contribution < 1.29 is 22.7 Å². The van der Waals surface area contributed by atoms with Gasteiger partial charge in [-0.15, -0.1) is 0 Å². The zero-order valence-electron chi connectivity index (χ0n) is 15.0. The molecule has 7 heteroatoms. The van der Waals surface area contributed by atoms with Crippen LogP contribution in [-0.4, -0.2) is 33.2 Å². The van der Waals surface area contributed by atoms with Crippen molar-refractivity contribution in [1.82, 2.24) is 5.32 Å². The molecule has 0 fully saturated rings. The fraction of sp³-hybridized carbons (Fsp3) is 0.300. The molecular formula is C20H21NO5S. The molecule has 0 radical (unpaired) electrons. The van der Waals surface area contributed by atoms with Gasteiger partial charge in [-0.3, -0.25) is 4.79 Å². The lowest BCUT2D eigenvalue weighted by molar-refractivity contribution is -0.125. The van der Waals surface area contributed by atoms with Gasteiger partial charge < -0.3 is 10.1 Å². The smallest absolute Gasteiger partial charge is 0.339 e. The van der Waals surface area contributed by atoms with Crippen LogP contribution in [0, 0.1) is 0 Å². The van der Waals surface area contributed by atoms with E-state index in [0.717, 1.165) is 31.1 Å². The number of amides is 1. The Hall–Kier alpha value is -2.67. The van der Waals surface area contributed by atoms with Crippen LogP contribution in [0.4, 0.5) is 0 Å². The van der Waals surface area contributed by atoms with Crippen molar-refractivity contribution in [3.05, 3.63) is 65.2 Å². The van der Waals surface area contributed by atoms with E-state index in [0.29, 0.717) is 0 Å². The maximum Gasteiger partial charge on any atom is 0.339 e. The number of esters is 1. The van der Waals surface area contributed by atoms with Gasteiger partial charge in [-0.05, 0) is 42.5 Å². The molecule has 0 aromatic heterocycles. The summed E-state index contributed by atoms with van der Waals surface area (Å²) in [5.74, 6) is -1.25. The van der Waals surface area contributed by atoms with Gasteiger partial charge in [0, 0.05) is 6.26 Å². The minimum Gasteiger partial charge on any atom is -0.452 e. The molecule has 1 atom stereocenters. The van der Waals surface area contributed by atoms with Crippen LogP contribution in [0.1, 0.15) is 40.4 Å². The molecule has 0 spiro atoms. The molecule has 1 aliphatic carbocycles. The fourth-order valence-electron chi connectivity index (χ4n) is 3.31. The van der Waals surface area contributed by atoms with Crippen LogP contribution < -0.4 is 5.32 Å². The van der Waals surface area contributed by atoms with E-state index in [9.17, 15) is 18.0 Å². The average Bonchev–Trinajstić information content (AvgIpc) is 2.66. The molecule has 0 saturated carbocycles. The van der Waals surface area contributed by atoms with E-state index < -0.39 is 28.3 Å². The topological polar surface area (TPSA) is 89.5 Å². The van der Waals surface area contributed by atoms with Gasteiger partial charge in [0.15, 0.2) is 16.4 Å². The molecule has 27 heavy (non-hydrogen) atoms. The highest BCUT2D eigenvalue weighted by atomic mass is 32.2. The average molecular weight is 387 g/mol. The van der Waals surface area contributed by atoms with Gasteiger partial charge in [0.1, 0.15) is 0 Å². The molecule has 6 nitrogen and oxygen atoms in total. The van der Waals surface area contributed by atoms with Crippen molar-refractivity contribution >= 4 is 21.7 Å². The Balaban J connectivity index is 1.63. The Morgan fingerprint density at radius 1 is 1.11 bits per heavy atom. The second kappa shape index (κ2) is 7.92. The molecule has 2 aromatic carbocycles. The zero-order chi connectivity index (χ0) is 19.4. The van der Waals surface area contributed by atoms with Crippen LogP contribution in [0.15, 0.2) is 53.4 Å². The summed E-state index contributed by atoms with van der Waals surface area (Å²) < 4.78 is 28.6. The number of carbonyl (C=O) groups excluding carboxylic acids is 2. The SMILES string of the molecule is CS(=O)(=O)c1ccccc1C(=O)OCC(=O)N[C@@H]1CCCc2ccccc21. The van der Waals surface area contributed by atoms with Gasteiger partial charge in [-0.2, -0.15) is 0 Å². The number of hydrogen-bond acceptors (Lipinski definition) is 5. The van der Waals surface area contributed by atoms with Crippen LogP contribution in [0.5, 0.6) is 0 Å². The van der Waals surface area contributed by atoms with E-state index in [1.807, 2.05) is 18.2 Å². The third kappa shape index (κ3) is 4.54. The molecule has 3 rings (SSSR count). The molecule has 2 aromatic rings. The highest BCUT2D eigenvalue weighted by Gasteiger charge is 2.23. The van der Waals surface area contributed by atoms with Crippen molar-refractivity contribution in [2.45, 2.75) is 30.2 Å². The minimum atomic E-state index is -3.57. The number of nitrogens with one attached hydrogen (secondary N) is 1. The van der Waals surface area contributed by atoms with Crippen LogP contribution in [0.3, 0.4) is 0 Å². The van der Waals surface area contributed by atoms with Gasteiger partial charge in [0.2, 0.25) is 0 Å². The lowest BCUT2D eigenvalue weighted by Gasteiger charge is -2.26. The quantitative estimate of drug-likeness (QED) is 0.796. The molecule has 0 saturated heterocycles. The fourth-order valence-corrected chi connectivity index (χ4v) is 4.18. The largest absolute Gasteiger partial charge is 0.452 e. The van der Waals surface area contributed by atoms with E-state index in [-0.39, 0.29) is 16.5 Å². The van der Waals surface area contributed by atoms with E-state index in [1.54, 1.807) is 6.07 Å². The van der Waals surface area contributed by atoms with Crippen LogP contribution in [0.2, 0.25) is 0 Å². The number of sulfone groups is 1. The van der Waals surface area contributed by atoms with Crippen LogP contribution >= 0.6 is 0 Å².